The van der Waals surface area contributed by atoms with Crippen LogP contribution >= 0.6 is 39.3 Å². The third kappa shape index (κ3) is 6.38. The Hall–Kier alpha value is -2.49. The number of aromatic nitrogens is 3. The van der Waals surface area contributed by atoms with E-state index in [0.717, 1.165) is 40.6 Å². The summed E-state index contributed by atoms with van der Waals surface area (Å²) in [5, 5.41) is 9.38. The summed E-state index contributed by atoms with van der Waals surface area (Å²) in [6, 6.07) is 11.2. The van der Waals surface area contributed by atoms with Crippen molar-refractivity contribution in [2.24, 2.45) is 0 Å². The second kappa shape index (κ2) is 13.0. The number of ketones is 1. The molecule has 0 radical (unpaired) electrons. The summed E-state index contributed by atoms with van der Waals surface area (Å²) < 4.78 is 14.6. The molecule has 7 nitrogen and oxygen atoms in total. The van der Waals surface area contributed by atoms with E-state index in [-0.39, 0.29) is 5.78 Å². The number of hydrogen-bond acceptors (Lipinski definition) is 7. The van der Waals surface area contributed by atoms with Crippen molar-refractivity contribution in [3.05, 3.63) is 68.3 Å². The highest BCUT2D eigenvalue weighted by Gasteiger charge is 2.34. The first kappa shape index (κ1) is 28.5. The van der Waals surface area contributed by atoms with Gasteiger partial charge in [0.2, 0.25) is 11.1 Å². The molecule has 0 aliphatic carbocycles. The van der Waals surface area contributed by atoms with Crippen LogP contribution in [-0.4, -0.2) is 33.8 Å². The van der Waals surface area contributed by atoms with Crippen LogP contribution in [-0.2, 0) is 10.5 Å². The summed E-state index contributed by atoms with van der Waals surface area (Å²) in [4.78, 5) is 17.6. The molecule has 0 saturated carbocycles. The Morgan fingerprint density at radius 2 is 2.00 bits per heavy atom. The average Bonchev–Trinajstić information content (AvgIpc) is 3.28. The van der Waals surface area contributed by atoms with Crippen LogP contribution in [0.2, 0.25) is 5.02 Å². The van der Waals surface area contributed by atoms with Crippen molar-refractivity contribution in [3.8, 4) is 11.5 Å². The van der Waals surface area contributed by atoms with Crippen LogP contribution in [0.4, 0.5) is 5.95 Å². The molecular weight excluding hydrogens is 588 g/mol. The summed E-state index contributed by atoms with van der Waals surface area (Å²) in [5.74, 6) is 2.46. The van der Waals surface area contributed by atoms with Gasteiger partial charge >= 0.3 is 0 Å². The number of rotatable bonds is 12. The van der Waals surface area contributed by atoms with Gasteiger partial charge in [0.1, 0.15) is 6.04 Å². The molecule has 0 saturated heterocycles. The van der Waals surface area contributed by atoms with Crippen molar-refractivity contribution < 1.29 is 14.3 Å². The van der Waals surface area contributed by atoms with E-state index in [9.17, 15) is 4.79 Å². The maximum atomic E-state index is 12.9. The smallest absolute Gasteiger partial charge is 0.227 e. The van der Waals surface area contributed by atoms with E-state index in [1.807, 2.05) is 50.2 Å². The number of halogens is 2. The van der Waals surface area contributed by atoms with Crippen molar-refractivity contribution in [2.45, 2.75) is 63.9 Å². The molecule has 0 spiro atoms. The molecular formula is C28H32BrClN4O3S. The standard InChI is InChI=1S/C28H32BrClN4O3S/c1-5-7-10-13-37-26-21(29)14-20(15-23(26)36-6-2)25-24(18(4)35)17(3)31-27-32-28(33-34(25)27)38-16-19-11-8-9-12-22(19)30/h8-9,11-12,14-15,25H,5-7,10,13,16H2,1-4H3,(H,31,32,33). The lowest BCUT2D eigenvalue weighted by Crippen LogP contribution is -2.28. The second-order valence-corrected chi connectivity index (χ2v) is 11.2. The number of carbonyl (C=O) groups is 1. The minimum atomic E-state index is -0.476. The van der Waals surface area contributed by atoms with Gasteiger partial charge < -0.3 is 14.8 Å². The molecule has 4 rings (SSSR count). The Morgan fingerprint density at radius 1 is 1.21 bits per heavy atom. The van der Waals surface area contributed by atoms with Crippen molar-refractivity contribution >= 4 is 51.0 Å². The van der Waals surface area contributed by atoms with E-state index in [1.165, 1.54) is 11.8 Å². The Balaban J connectivity index is 1.71. The molecule has 2 aromatic carbocycles. The van der Waals surface area contributed by atoms with Gasteiger partial charge in [0, 0.05) is 22.0 Å². The lowest BCUT2D eigenvalue weighted by molar-refractivity contribution is -0.114. The number of Topliss-reactive ketones (excluding diaryl/α,β-unsaturated/α-hetero) is 1. The third-order valence-corrected chi connectivity index (χ3v) is 8.01. The number of carbonyl (C=O) groups excluding carboxylic acids is 1. The largest absolute Gasteiger partial charge is 0.490 e. The molecule has 1 unspecified atom stereocenters. The zero-order valence-corrected chi connectivity index (χ0v) is 25.2. The van der Waals surface area contributed by atoms with Gasteiger partial charge in [-0.25, -0.2) is 4.68 Å². The van der Waals surface area contributed by atoms with Gasteiger partial charge in [-0.1, -0.05) is 61.3 Å². The van der Waals surface area contributed by atoms with E-state index in [0.29, 0.717) is 52.2 Å². The maximum Gasteiger partial charge on any atom is 0.227 e. The van der Waals surface area contributed by atoms with Crippen LogP contribution in [0, 0.1) is 0 Å². The number of allylic oxidation sites excluding steroid dienone is 2. The fourth-order valence-electron chi connectivity index (χ4n) is 4.39. The van der Waals surface area contributed by atoms with Crippen molar-refractivity contribution in [3.63, 3.8) is 0 Å². The van der Waals surface area contributed by atoms with E-state index < -0.39 is 6.04 Å². The Labute approximate surface area is 241 Å². The number of anilines is 1. The summed E-state index contributed by atoms with van der Waals surface area (Å²) in [7, 11) is 0. The quantitative estimate of drug-likeness (QED) is 0.163. The van der Waals surface area contributed by atoms with Crippen LogP contribution < -0.4 is 14.8 Å². The lowest BCUT2D eigenvalue weighted by Gasteiger charge is -2.28. The number of ether oxygens (including phenoxy) is 2. The molecule has 3 aromatic rings. The zero-order chi connectivity index (χ0) is 27.2. The van der Waals surface area contributed by atoms with Crippen LogP contribution in [0.1, 0.15) is 64.1 Å². The fraction of sp³-hybridized carbons (Fsp3) is 0.393. The second-order valence-electron chi connectivity index (χ2n) is 8.98. The Bertz CT molecular complexity index is 1340. The molecule has 1 aliphatic rings. The molecule has 0 bridgehead atoms. The van der Waals surface area contributed by atoms with Crippen molar-refractivity contribution in [1.29, 1.82) is 0 Å². The number of hydrogen-bond donors (Lipinski definition) is 1. The number of thioether (sulfide) groups is 1. The summed E-state index contributed by atoms with van der Waals surface area (Å²) in [5.41, 5.74) is 3.23. The van der Waals surface area contributed by atoms with Gasteiger partial charge in [-0.3, -0.25) is 4.79 Å². The Morgan fingerprint density at radius 3 is 2.71 bits per heavy atom. The Kier molecular flexibility index (Phi) is 9.79. The van der Waals surface area contributed by atoms with Crippen molar-refractivity contribution in [1.82, 2.24) is 14.8 Å². The van der Waals surface area contributed by atoms with Crippen LogP contribution in [0.5, 0.6) is 11.5 Å². The first-order chi connectivity index (χ1) is 18.3. The van der Waals surface area contributed by atoms with E-state index in [1.54, 1.807) is 11.6 Å². The molecule has 1 aliphatic heterocycles. The minimum absolute atomic E-state index is 0.0413. The predicted octanol–water partition coefficient (Wildman–Crippen LogP) is 7.83. The number of nitrogens with one attached hydrogen (secondary N) is 1. The molecule has 2 heterocycles. The van der Waals surface area contributed by atoms with Gasteiger partial charge in [0.05, 0.1) is 17.7 Å². The molecule has 10 heteroatoms. The maximum absolute atomic E-state index is 12.9. The van der Waals surface area contributed by atoms with E-state index >= 15 is 0 Å². The highest BCUT2D eigenvalue weighted by molar-refractivity contribution is 9.10. The normalized spacial score (nSPS) is 14.7. The molecule has 38 heavy (non-hydrogen) atoms. The molecule has 0 amide bonds. The topological polar surface area (TPSA) is 78.3 Å². The zero-order valence-electron chi connectivity index (χ0n) is 22.0. The monoisotopic (exact) mass is 618 g/mol. The van der Waals surface area contributed by atoms with Crippen LogP contribution in [0.25, 0.3) is 0 Å². The molecule has 1 atom stereocenters. The van der Waals surface area contributed by atoms with Gasteiger partial charge in [0.25, 0.3) is 0 Å². The first-order valence-electron chi connectivity index (χ1n) is 12.7. The summed E-state index contributed by atoms with van der Waals surface area (Å²) >= 11 is 11.5. The molecule has 0 fully saturated rings. The third-order valence-electron chi connectivity index (χ3n) is 6.17. The van der Waals surface area contributed by atoms with Crippen LogP contribution in [0.15, 0.2) is 57.3 Å². The minimum Gasteiger partial charge on any atom is -0.490 e. The van der Waals surface area contributed by atoms with Gasteiger partial charge in [-0.05, 0) is 72.4 Å². The summed E-state index contributed by atoms with van der Waals surface area (Å²) in [6.45, 7) is 8.66. The molecule has 1 N–H and O–H groups in total. The van der Waals surface area contributed by atoms with Crippen LogP contribution in [0.3, 0.4) is 0 Å². The van der Waals surface area contributed by atoms with Gasteiger partial charge in [-0.2, -0.15) is 4.98 Å². The van der Waals surface area contributed by atoms with Gasteiger partial charge in [0.15, 0.2) is 17.3 Å². The summed E-state index contributed by atoms with van der Waals surface area (Å²) in [6.07, 6.45) is 3.19. The predicted molar refractivity (Wildman–Crippen MR) is 157 cm³/mol. The fourth-order valence-corrected chi connectivity index (χ4v) is 6.08. The molecule has 1 aromatic heterocycles. The van der Waals surface area contributed by atoms with Crippen molar-refractivity contribution in [2.75, 3.05) is 18.5 Å². The van der Waals surface area contributed by atoms with Gasteiger partial charge in [-0.15, -0.1) is 5.10 Å². The number of benzene rings is 2. The molecule has 202 valence electrons. The highest BCUT2D eigenvalue weighted by atomic mass is 79.9. The first-order valence-corrected chi connectivity index (χ1v) is 14.9. The van der Waals surface area contributed by atoms with E-state index in [2.05, 4.69) is 28.2 Å². The van der Waals surface area contributed by atoms with E-state index in [4.69, 9.17) is 31.2 Å². The number of fused-ring (bicyclic) bond motifs is 1. The SMILES string of the molecule is CCCCCOc1c(Br)cc(C2C(C(C)=O)=C(C)Nc3nc(SCc4ccccc4Cl)nn32)cc1OCC. The highest BCUT2D eigenvalue weighted by Crippen LogP contribution is 2.43. The number of unbranched alkanes of at least 4 members (excludes halogenated alkanes) is 2. The lowest BCUT2D eigenvalue weighted by atomic mass is 9.93. The number of nitrogens with zero attached hydrogens (tertiary/aromatic N) is 3. The average molecular weight is 620 g/mol.